The molecule has 2 rings (SSSR count). The molecular formula is C14H27N5O4S. The number of hydrogen-bond acceptors (Lipinski definition) is 5. The monoisotopic (exact) mass is 361 g/mol. The summed E-state index contributed by atoms with van der Waals surface area (Å²) in [6.45, 7) is 3.71. The quantitative estimate of drug-likeness (QED) is 0.672. The zero-order valence-corrected chi connectivity index (χ0v) is 14.8. The maximum absolute atomic E-state index is 12.7. The van der Waals surface area contributed by atoms with Gasteiger partial charge in [0.15, 0.2) is 0 Å². The zero-order valence-electron chi connectivity index (χ0n) is 13.9. The Morgan fingerprint density at radius 2 is 1.42 bits per heavy atom. The van der Waals surface area contributed by atoms with Crippen molar-refractivity contribution < 1.29 is 18.0 Å². The molecule has 0 aromatic heterocycles. The van der Waals surface area contributed by atoms with Crippen LogP contribution in [-0.4, -0.2) is 79.7 Å². The Bertz CT molecular complexity index is 537. The van der Waals surface area contributed by atoms with Crippen molar-refractivity contribution in [1.29, 1.82) is 0 Å². The first-order chi connectivity index (χ1) is 11.4. The third kappa shape index (κ3) is 5.40. The summed E-state index contributed by atoms with van der Waals surface area (Å²) in [4.78, 5) is 24.0. The van der Waals surface area contributed by atoms with E-state index in [1.165, 1.54) is 4.31 Å². The second-order valence-corrected chi connectivity index (χ2v) is 8.15. The van der Waals surface area contributed by atoms with Crippen LogP contribution in [0.4, 0.5) is 4.79 Å². The van der Waals surface area contributed by atoms with Crippen molar-refractivity contribution in [3.05, 3.63) is 0 Å². The topological polar surface area (TPSA) is 116 Å². The number of carbonyl (C=O) groups is 2. The van der Waals surface area contributed by atoms with Crippen molar-refractivity contribution in [3.63, 3.8) is 0 Å². The Kier molecular flexibility index (Phi) is 6.96. The number of nitrogens with zero attached hydrogens (tertiary/aromatic N) is 3. The Balaban J connectivity index is 1.79. The molecule has 0 aromatic carbocycles. The summed E-state index contributed by atoms with van der Waals surface area (Å²) in [5.41, 5.74) is 4.89. The number of nitrogens with two attached hydrogens (primary N) is 1. The zero-order chi connectivity index (χ0) is 17.6. The molecule has 2 aliphatic heterocycles. The van der Waals surface area contributed by atoms with E-state index in [0.29, 0.717) is 45.8 Å². The van der Waals surface area contributed by atoms with Gasteiger partial charge in [0.1, 0.15) is 0 Å². The number of hydrogen-bond donors (Lipinski definition) is 2. The summed E-state index contributed by atoms with van der Waals surface area (Å²) in [6.07, 6.45) is 4.20. The molecular weight excluding hydrogens is 334 g/mol. The van der Waals surface area contributed by atoms with Gasteiger partial charge in [-0.1, -0.05) is 12.8 Å². The van der Waals surface area contributed by atoms with E-state index in [1.807, 2.05) is 10.2 Å². The van der Waals surface area contributed by atoms with Crippen molar-refractivity contribution in [2.24, 2.45) is 5.73 Å². The highest BCUT2D eigenvalue weighted by Gasteiger charge is 2.32. The lowest BCUT2D eigenvalue weighted by Gasteiger charge is -2.36. The lowest BCUT2D eigenvalue weighted by molar-refractivity contribution is -0.120. The van der Waals surface area contributed by atoms with E-state index in [9.17, 15) is 18.0 Å². The molecule has 10 heteroatoms. The molecule has 0 radical (unpaired) electrons. The van der Waals surface area contributed by atoms with Gasteiger partial charge in [-0.3, -0.25) is 10.1 Å². The van der Waals surface area contributed by atoms with Crippen LogP contribution >= 0.6 is 0 Å². The smallest absolute Gasteiger partial charge is 0.318 e. The molecule has 3 amide bonds. The summed E-state index contributed by atoms with van der Waals surface area (Å²) in [5, 5.41) is 2.02. The van der Waals surface area contributed by atoms with Crippen LogP contribution in [-0.2, 0) is 15.0 Å². The Labute approximate surface area is 143 Å². The van der Waals surface area contributed by atoms with E-state index in [4.69, 9.17) is 5.73 Å². The fourth-order valence-corrected chi connectivity index (χ4v) is 4.75. The lowest BCUT2D eigenvalue weighted by Crippen LogP contribution is -2.53. The van der Waals surface area contributed by atoms with Crippen LogP contribution < -0.4 is 11.1 Å². The second kappa shape index (κ2) is 8.75. The molecule has 0 aliphatic carbocycles. The number of carbonyl (C=O) groups excluding carboxylic acids is 2. The van der Waals surface area contributed by atoms with Gasteiger partial charge in [-0.05, 0) is 12.8 Å². The average molecular weight is 361 g/mol. The Morgan fingerprint density at radius 1 is 0.875 bits per heavy atom. The van der Waals surface area contributed by atoms with Crippen LogP contribution in [0.5, 0.6) is 0 Å². The number of nitrogens with one attached hydrogen (secondary N) is 1. The first-order valence-corrected chi connectivity index (χ1v) is 9.86. The number of piperazine rings is 1. The van der Waals surface area contributed by atoms with E-state index in [-0.39, 0.29) is 6.42 Å². The molecule has 138 valence electrons. The molecule has 3 N–H and O–H groups in total. The Hall–Kier alpha value is -1.23. The van der Waals surface area contributed by atoms with Gasteiger partial charge in [0.05, 0.1) is 0 Å². The average Bonchev–Trinajstić information content (AvgIpc) is 2.82. The third-order valence-corrected chi connectivity index (χ3v) is 6.50. The predicted octanol–water partition coefficient (Wildman–Crippen LogP) is -0.690. The molecule has 24 heavy (non-hydrogen) atoms. The summed E-state index contributed by atoms with van der Waals surface area (Å²) >= 11 is 0. The van der Waals surface area contributed by atoms with Crippen molar-refractivity contribution in [1.82, 2.24) is 18.8 Å². The van der Waals surface area contributed by atoms with Crippen molar-refractivity contribution in [2.45, 2.75) is 32.1 Å². The first kappa shape index (κ1) is 19.1. The number of amides is 3. The fraction of sp³-hybridized carbons (Fsp3) is 0.857. The number of imide groups is 1. The van der Waals surface area contributed by atoms with Gasteiger partial charge in [0, 0.05) is 52.2 Å². The molecule has 0 bridgehead atoms. The predicted molar refractivity (Wildman–Crippen MR) is 89.3 cm³/mol. The number of rotatable bonds is 5. The summed E-state index contributed by atoms with van der Waals surface area (Å²) < 4.78 is 28.6. The van der Waals surface area contributed by atoms with Crippen molar-refractivity contribution >= 4 is 22.1 Å². The molecule has 0 aromatic rings. The van der Waals surface area contributed by atoms with Crippen LogP contribution in [0.15, 0.2) is 0 Å². The van der Waals surface area contributed by atoms with Gasteiger partial charge in [-0.2, -0.15) is 17.0 Å². The van der Waals surface area contributed by atoms with Crippen LogP contribution in [0, 0.1) is 0 Å². The van der Waals surface area contributed by atoms with Gasteiger partial charge < -0.3 is 10.6 Å². The maximum Gasteiger partial charge on any atom is 0.318 e. The van der Waals surface area contributed by atoms with E-state index in [0.717, 1.165) is 25.7 Å². The molecule has 2 heterocycles. The summed E-state index contributed by atoms with van der Waals surface area (Å²) in [5.74, 6) is -0.415. The van der Waals surface area contributed by atoms with E-state index >= 15 is 0 Å². The standard InChI is InChI=1S/C14H27N5O4S/c15-14(21)16-13(20)5-8-17-9-11-19(12-10-17)24(22,23)18-6-3-1-2-4-7-18/h1-12H2,(H3,15,16,20,21). The lowest BCUT2D eigenvalue weighted by atomic mass is 10.2. The van der Waals surface area contributed by atoms with Crippen LogP contribution in [0.1, 0.15) is 32.1 Å². The van der Waals surface area contributed by atoms with E-state index < -0.39 is 22.1 Å². The van der Waals surface area contributed by atoms with E-state index in [2.05, 4.69) is 0 Å². The molecule has 0 unspecified atom stereocenters. The molecule has 0 spiro atoms. The molecule has 0 atom stereocenters. The second-order valence-electron chi connectivity index (χ2n) is 6.22. The minimum atomic E-state index is -3.38. The van der Waals surface area contributed by atoms with Crippen LogP contribution in [0.25, 0.3) is 0 Å². The Morgan fingerprint density at radius 3 is 1.96 bits per heavy atom. The van der Waals surface area contributed by atoms with E-state index in [1.54, 1.807) is 4.31 Å². The highest BCUT2D eigenvalue weighted by Crippen LogP contribution is 2.17. The van der Waals surface area contributed by atoms with Gasteiger partial charge in [0.2, 0.25) is 5.91 Å². The largest absolute Gasteiger partial charge is 0.351 e. The van der Waals surface area contributed by atoms with Gasteiger partial charge in [-0.25, -0.2) is 4.79 Å². The minimum Gasteiger partial charge on any atom is -0.351 e. The van der Waals surface area contributed by atoms with Crippen molar-refractivity contribution in [3.8, 4) is 0 Å². The van der Waals surface area contributed by atoms with Crippen LogP contribution in [0.2, 0.25) is 0 Å². The molecule has 0 saturated carbocycles. The highest BCUT2D eigenvalue weighted by molar-refractivity contribution is 7.86. The van der Waals surface area contributed by atoms with Gasteiger partial charge >= 0.3 is 6.03 Å². The highest BCUT2D eigenvalue weighted by atomic mass is 32.2. The third-order valence-electron chi connectivity index (χ3n) is 4.47. The normalized spacial score (nSPS) is 22.0. The summed E-state index contributed by atoms with van der Waals surface area (Å²) in [6, 6.07) is -0.853. The van der Waals surface area contributed by atoms with Crippen molar-refractivity contribution in [2.75, 3.05) is 45.8 Å². The first-order valence-electron chi connectivity index (χ1n) is 8.46. The summed E-state index contributed by atoms with van der Waals surface area (Å²) in [7, 11) is -3.38. The van der Waals surface area contributed by atoms with Gasteiger partial charge in [-0.15, -0.1) is 0 Å². The maximum atomic E-state index is 12.7. The SMILES string of the molecule is NC(=O)NC(=O)CCN1CCN(S(=O)(=O)N2CCCCCC2)CC1. The molecule has 2 saturated heterocycles. The fourth-order valence-electron chi connectivity index (χ4n) is 3.08. The van der Waals surface area contributed by atoms with Crippen LogP contribution in [0.3, 0.4) is 0 Å². The van der Waals surface area contributed by atoms with Gasteiger partial charge in [0.25, 0.3) is 10.2 Å². The molecule has 2 fully saturated rings. The number of urea groups is 1. The minimum absolute atomic E-state index is 0.168. The number of primary amides is 1. The molecule has 2 aliphatic rings. The molecule has 9 nitrogen and oxygen atoms in total.